The van der Waals surface area contributed by atoms with Crippen molar-refractivity contribution in [1.29, 1.82) is 0 Å². The second kappa shape index (κ2) is 7.78. The molecule has 0 spiro atoms. The van der Waals surface area contributed by atoms with Crippen LogP contribution < -0.4 is 15.0 Å². The maximum absolute atomic E-state index is 12.9. The Hall–Kier alpha value is -2.82. The Morgan fingerprint density at radius 1 is 1.40 bits per heavy atom. The van der Waals surface area contributed by atoms with Crippen LogP contribution in [0.2, 0.25) is 0 Å². The summed E-state index contributed by atoms with van der Waals surface area (Å²) in [5.41, 5.74) is 2.19. The predicted octanol–water partition coefficient (Wildman–Crippen LogP) is 4.07. The molecule has 160 valence electrons. The maximum atomic E-state index is 12.9. The number of rotatable bonds is 5. The summed E-state index contributed by atoms with van der Waals surface area (Å²) in [5, 5.41) is 8.68. The van der Waals surface area contributed by atoms with Crippen molar-refractivity contribution in [2.45, 2.75) is 38.6 Å². The lowest BCUT2D eigenvalue weighted by molar-refractivity contribution is -0.189. The number of aryl methyl sites for hydroxylation is 1. The third-order valence-electron chi connectivity index (χ3n) is 4.90. The minimum atomic E-state index is -4.46. The number of nitrogens with one attached hydrogen (secondary N) is 1. The van der Waals surface area contributed by atoms with Gasteiger partial charge in [-0.25, -0.2) is 4.52 Å². The van der Waals surface area contributed by atoms with Gasteiger partial charge in [-0.3, -0.25) is 0 Å². The lowest BCUT2D eigenvalue weighted by atomic mass is 10.0. The van der Waals surface area contributed by atoms with Crippen molar-refractivity contribution in [1.82, 2.24) is 19.0 Å². The molecule has 11 heteroatoms. The number of nitrogens with zero attached hydrogens (tertiary/aromatic N) is 5. The van der Waals surface area contributed by atoms with Crippen LogP contribution in [-0.2, 0) is 0 Å². The molecule has 1 aliphatic rings. The largest absolute Gasteiger partial charge is 0.477 e. The summed E-state index contributed by atoms with van der Waals surface area (Å²) in [6.45, 7) is 8.61. The lowest BCUT2D eigenvalue weighted by Gasteiger charge is -2.34. The standard InChI is InChI=1S/C19H21F3N6OS/c1-11-10-27(16-9-12(2)26-30-16)8-6-14(11)23-18-24-17-15(5-4-7-28(17)25-18)29-13(3)19(20,21)22/h4-5,7,9,13-14H,1,6,8,10H2,2-3H3,(H,23,25). The molecule has 3 aromatic heterocycles. The predicted molar refractivity (Wildman–Crippen MR) is 109 cm³/mol. The highest BCUT2D eigenvalue weighted by atomic mass is 32.1. The van der Waals surface area contributed by atoms with E-state index >= 15 is 0 Å². The van der Waals surface area contributed by atoms with Gasteiger partial charge in [0.2, 0.25) is 5.95 Å². The molecule has 1 N–H and O–H groups in total. The number of aromatic nitrogens is 4. The van der Waals surface area contributed by atoms with E-state index in [1.54, 1.807) is 12.3 Å². The molecule has 0 aromatic carbocycles. The van der Waals surface area contributed by atoms with Crippen LogP contribution in [0.3, 0.4) is 0 Å². The third-order valence-corrected chi connectivity index (χ3v) is 5.84. The second-order valence-corrected chi connectivity index (χ2v) is 8.03. The normalized spacial score (nSPS) is 18.6. The van der Waals surface area contributed by atoms with E-state index in [0.717, 1.165) is 36.2 Å². The number of fused-ring (bicyclic) bond motifs is 1. The minimum Gasteiger partial charge on any atom is -0.477 e. The fourth-order valence-electron chi connectivity index (χ4n) is 3.23. The van der Waals surface area contributed by atoms with E-state index in [9.17, 15) is 13.2 Å². The molecule has 1 fully saturated rings. The van der Waals surface area contributed by atoms with E-state index in [4.69, 9.17) is 4.74 Å². The van der Waals surface area contributed by atoms with Gasteiger partial charge in [-0.1, -0.05) is 6.58 Å². The average Bonchev–Trinajstić information content (AvgIpc) is 3.29. The summed E-state index contributed by atoms with van der Waals surface area (Å²) < 4.78 is 49.4. The van der Waals surface area contributed by atoms with Crippen molar-refractivity contribution in [2.24, 2.45) is 0 Å². The van der Waals surface area contributed by atoms with Crippen molar-refractivity contribution >= 4 is 28.1 Å². The number of alkyl halides is 3. The molecule has 1 aliphatic heterocycles. The van der Waals surface area contributed by atoms with E-state index in [2.05, 4.69) is 37.3 Å². The Bertz CT molecular complexity index is 1060. The first-order chi connectivity index (χ1) is 14.2. The summed E-state index contributed by atoms with van der Waals surface area (Å²) in [6, 6.07) is 5.04. The molecule has 3 aromatic rings. The lowest BCUT2D eigenvalue weighted by Crippen LogP contribution is -2.40. The van der Waals surface area contributed by atoms with Crippen molar-refractivity contribution in [3.05, 3.63) is 42.2 Å². The fraction of sp³-hybridized carbons (Fsp3) is 0.421. The third kappa shape index (κ3) is 4.20. The Labute approximate surface area is 175 Å². The zero-order chi connectivity index (χ0) is 21.5. The molecule has 0 amide bonds. The quantitative estimate of drug-likeness (QED) is 0.606. The number of pyridine rings is 1. The Kier molecular flexibility index (Phi) is 5.31. The van der Waals surface area contributed by atoms with Gasteiger partial charge in [0, 0.05) is 19.3 Å². The highest BCUT2D eigenvalue weighted by molar-refractivity contribution is 7.10. The van der Waals surface area contributed by atoms with Gasteiger partial charge in [-0.05, 0) is 55.6 Å². The van der Waals surface area contributed by atoms with Gasteiger partial charge in [0.25, 0.3) is 0 Å². The smallest absolute Gasteiger partial charge is 0.425 e. The van der Waals surface area contributed by atoms with Crippen molar-refractivity contribution < 1.29 is 17.9 Å². The molecular formula is C19H21F3N6OS. The van der Waals surface area contributed by atoms with Crippen LogP contribution in [0.4, 0.5) is 24.1 Å². The summed E-state index contributed by atoms with van der Waals surface area (Å²) in [6.07, 6.45) is -4.01. The molecule has 0 radical (unpaired) electrons. The van der Waals surface area contributed by atoms with Crippen LogP contribution in [-0.4, -0.2) is 50.4 Å². The first kappa shape index (κ1) is 20.5. The Morgan fingerprint density at radius 2 is 2.20 bits per heavy atom. The molecule has 4 rings (SSSR count). The van der Waals surface area contributed by atoms with Crippen molar-refractivity contribution in [3.8, 4) is 5.75 Å². The first-order valence-electron chi connectivity index (χ1n) is 9.42. The van der Waals surface area contributed by atoms with E-state index in [-0.39, 0.29) is 17.4 Å². The van der Waals surface area contributed by atoms with Gasteiger partial charge in [-0.2, -0.15) is 22.5 Å². The van der Waals surface area contributed by atoms with Crippen LogP contribution in [0.1, 0.15) is 19.0 Å². The molecule has 2 atom stereocenters. The molecule has 7 nitrogen and oxygen atoms in total. The molecule has 2 unspecified atom stereocenters. The number of hydrogen-bond donors (Lipinski definition) is 1. The number of halogens is 3. The molecular weight excluding hydrogens is 417 g/mol. The number of anilines is 2. The molecule has 0 bridgehead atoms. The SMILES string of the molecule is C=C1CN(c2cc(C)ns2)CCC1Nc1nc2c(OC(C)C(F)(F)F)cccn2n1. The summed E-state index contributed by atoms with van der Waals surface area (Å²) in [7, 11) is 0. The zero-order valence-electron chi connectivity index (χ0n) is 16.5. The van der Waals surface area contributed by atoms with Gasteiger partial charge in [0.05, 0.1) is 11.7 Å². The van der Waals surface area contributed by atoms with Crippen molar-refractivity contribution in [2.75, 3.05) is 23.3 Å². The topological polar surface area (TPSA) is 67.6 Å². The fourth-order valence-corrected chi connectivity index (χ4v) is 4.02. The van der Waals surface area contributed by atoms with Gasteiger partial charge in [0.15, 0.2) is 17.5 Å². The second-order valence-electron chi connectivity index (χ2n) is 7.25. The van der Waals surface area contributed by atoms with Crippen LogP contribution in [0.5, 0.6) is 5.75 Å². The van der Waals surface area contributed by atoms with Crippen molar-refractivity contribution in [3.63, 3.8) is 0 Å². The number of piperidine rings is 1. The Morgan fingerprint density at radius 3 is 2.87 bits per heavy atom. The number of ether oxygens (including phenoxy) is 1. The first-order valence-corrected chi connectivity index (χ1v) is 10.2. The number of hydrogen-bond acceptors (Lipinski definition) is 7. The van der Waals surface area contributed by atoms with Gasteiger partial charge in [-0.15, -0.1) is 5.10 Å². The minimum absolute atomic E-state index is 0.0251. The van der Waals surface area contributed by atoms with Gasteiger partial charge in [0.1, 0.15) is 5.00 Å². The molecule has 1 saturated heterocycles. The zero-order valence-corrected chi connectivity index (χ0v) is 17.3. The van der Waals surface area contributed by atoms with Crippen LogP contribution in [0.15, 0.2) is 36.5 Å². The van der Waals surface area contributed by atoms with Gasteiger partial charge < -0.3 is 15.0 Å². The highest BCUT2D eigenvalue weighted by Gasteiger charge is 2.38. The van der Waals surface area contributed by atoms with Crippen LogP contribution >= 0.6 is 11.5 Å². The average molecular weight is 438 g/mol. The van der Waals surface area contributed by atoms with E-state index < -0.39 is 12.3 Å². The highest BCUT2D eigenvalue weighted by Crippen LogP contribution is 2.29. The van der Waals surface area contributed by atoms with E-state index in [0.29, 0.717) is 12.5 Å². The molecule has 30 heavy (non-hydrogen) atoms. The molecule has 0 saturated carbocycles. The molecule has 4 heterocycles. The maximum Gasteiger partial charge on any atom is 0.425 e. The van der Waals surface area contributed by atoms with Gasteiger partial charge >= 0.3 is 6.18 Å². The summed E-state index contributed by atoms with van der Waals surface area (Å²) in [5.74, 6) is 0.344. The van der Waals surface area contributed by atoms with Crippen LogP contribution in [0, 0.1) is 6.92 Å². The summed E-state index contributed by atoms with van der Waals surface area (Å²) in [4.78, 5) is 6.57. The summed E-state index contributed by atoms with van der Waals surface area (Å²) >= 11 is 1.47. The monoisotopic (exact) mass is 438 g/mol. The van der Waals surface area contributed by atoms with E-state index in [1.807, 2.05) is 6.92 Å². The molecule has 0 aliphatic carbocycles. The van der Waals surface area contributed by atoms with Crippen LogP contribution in [0.25, 0.3) is 5.65 Å². The Balaban J connectivity index is 1.47. The van der Waals surface area contributed by atoms with E-state index in [1.165, 1.54) is 22.1 Å².